The van der Waals surface area contributed by atoms with E-state index in [0.717, 1.165) is 0 Å². The van der Waals surface area contributed by atoms with Crippen LogP contribution in [0.5, 0.6) is 0 Å². The standard InChI is InChI=1S/C10H10O4S/c1-4(11)7-8(5(2)12)14-9(6(3)13)10(7)15/h15H,1-3H3. The monoisotopic (exact) mass is 226 g/mol. The first-order chi connectivity index (χ1) is 6.86. The molecule has 5 heteroatoms. The van der Waals surface area contributed by atoms with Crippen molar-refractivity contribution < 1.29 is 18.8 Å². The van der Waals surface area contributed by atoms with Crippen molar-refractivity contribution in [2.45, 2.75) is 25.7 Å². The second kappa shape index (κ2) is 4.02. The van der Waals surface area contributed by atoms with Crippen molar-refractivity contribution in [3.63, 3.8) is 0 Å². The van der Waals surface area contributed by atoms with Crippen LogP contribution in [0.15, 0.2) is 9.31 Å². The molecule has 1 heterocycles. The molecular formula is C10H10O4S. The molecule has 0 unspecified atom stereocenters. The van der Waals surface area contributed by atoms with Gasteiger partial charge in [-0.25, -0.2) is 0 Å². The summed E-state index contributed by atoms with van der Waals surface area (Å²) in [7, 11) is 0. The minimum atomic E-state index is -0.400. The summed E-state index contributed by atoms with van der Waals surface area (Å²) in [5, 5.41) is 0. The molecule has 0 radical (unpaired) electrons. The number of hydrogen-bond acceptors (Lipinski definition) is 5. The SMILES string of the molecule is CC(=O)c1oc(C(C)=O)c(C(C)=O)c1S. The van der Waals surface area contributed by atoms with Crippen LogP contribution >= 0.6 is 12.6 Å². The molecule has 0 saturated carbocycles. The Hall–Kier alpha value is -1.36. The van der Waals surface area contributed by atoms with Crippen LogP contribution in [-0.4, -0.2) is 17.3 Å². The molecule has 15 heavy (non-hydrogen) atoms. The molecule has 1 rings (SSSR count). The molecular weight excluding hydrogens is 216 g/mol. The van der Waals surface area contributed by atoms with Gasteiger partial charge in [-0.15, -0.1) is 12.6 Å². The third-order valence-electron chi connectivity index (χ3n) is 1.87. The predicted octanol–water partition coefficient (Wildman–Crippen LogP) is 2.18. The molecule has 0 aliphatic heterocycles. The summed E-state index contributed by atoms with van der Waals surface area (Å²) < 4.78 is 5.03. The summed E-state index contributed by atoms with van der Waals surface area (Å²) >= 11 is 4.02. The van der Waals surface area contributed by atoms with Gasteiger partial charge in [0.1, 0.15) is 0 Å². The summed E-state index contributed by atoms with van der Waals surface area (Å²) in [5.74, 6) is -1.26. The molecule has 80 valence electrons. The lowest BCUT2D eigenvalue weighted by molar-refractivity contribution is 0.0947. The average molecular weight is 226 g/mol. The lowest BCUT2D eigenvalue weighted by atomic mass is 10.1. The molecule has 0 N–H and O–H groups in total. The van der Waals surface area contributed by atoms with E-state index in [-0.39, 0.29) is 33.5 Å². The maximum atomic E-state index is 11.3. The van der Waals surface area contributed by atoms with Gasteiger partial charge in [0.15, 0.2) is 28.9 Å². The maximum Gasteiger partial charge on any atom is 0.196 e. The second-order valence-corrected chi connectivity index (χ2v) is 3.60. The summed E-state index contributed by atoms with van der Waals surface area (Å²) in [6.45, 7) is 3.84. The Labute approximate surface area is 92.1 Å². The molecule has 1 aromatic heterocycles. The fraction of sp³-hybridized carbons (Fsp3) is 0.300. The van der Waals surface area contributed by atoms with E-state index >= 15 is 0 Å². The summed E-state index contributed by atoms with van der Waals surface area (Å²) in [6, 6.07) is 0. The van der Waals surface area contributed by atoms with Gasteiger partial charge in [-0.05, 0) is 6.92 Å². The summed E-state index contributed by atoms with van der Waals surface area (Å²) in [5.41, 5.74) is 0.0797. The minimum absolute atomic E-state index is 0.0475. The second-order valence-electron chi connectivity index (χ2n) is 3.15. The van der Waals surface area contributed by atoms with E-state index in [1.807, 2.05) is 0 Å². The molecule has 0 bridgehead atoms. The van der Waals surface area contributed by atoms with E-state index in [0.29, 0.717) is 0 Å². The highest BCUT2D eigenvalue weighted by Crippen LogP contribution is 2.27. The molecule has 0 amide bonds. The van der Waals surface area contributed by atoms with Gasteiger partial charge in [-0.3, -0.25) is 14.4 Å². The molecule has 0 aliphatic rings. The van der Waals surface area contributed by atoms with E-state index in [1.54, 1.807) is 0 Å². The van der Waals surface area contributed by atoms with E-state index in [1.165, 1.54) is 20.8 Å². The Morgan fingerprint density at radius 3 is 1.67 bits per heavy atom. The van der Waals surface area contributed by atoms with Crippen molar-refractivity contribution in [3.8, 4) is 0 Å². The number of ketones is 3. The van der Waals surface area contributed by atoms with Crippen LogP contribution in [0.4, 0.5) is 0 Å². The normalized spacial score (nSPS) is 10.1. The Kier molecular flexibility index (Phi) is 3.14. The maximum absolute atomic E-state index is 11.3. The van der Waals surface area contributed by atoms with Crippen LogP contribution < -0.4 is 0 Å². The van der Waals surface area contributed by atoms with Crippen LogP contribution in [0.3, 0.4) is 0 Å². The van der Waals surface area contributed by atoms with Crippen LogP contribution in [0.1, 0.15) is 52.2 Å². The minimum Gasteiger partial charge on any atom is -0.448 e. The lowest BCUT2D eigenvalue weighted by Gasteiger charge is -1.93. The number of carbonyl (C=O) groups is 3. The lowest BCUT2D eigenvalue weighted by Crippen LogP contribution is -2.00. The highest BCUT2D eigenvalue weighted by Gasteiger charge is 2.25. The largest absolute Gasteiger partial charge is 0.448 e. The van der Waals surface area contributed by atoms with Gasteiger partial charge in [0, 0.05) is 13.8 Å². The molecule has 1 aromatic rings. The van der Waals surface area contributed by atoms with Crippen LogP contribution in [-0.2, 0) is 0 Å². The van der Waals surface area contributed by atoms with Gasteiger partial charge in [0.2, 0.25) is 0 Å². The topological polar surface area (TPSA) is 64.3 Å². The Morgan fingerprint density at radius 2 is 1.40 bits per heavy atom. The van der Waals surface area contributed by atoms with E-state index in [4.69, 9.17) is 4.42 Å². The van der Waals surface area contributed by atoms with Crippen molar-refractivity contribution in [1.82, 2.24) is 0 Å². The predicted molar refractivity (Wildman–Crippen MR) is 56.0 cm³/mol. The molecule has 0 saturated heterocycles. The summed E-state index contributed by atoms with van der Waals surface area (Å²) in [6.07, 6.45) is 0. The Balaban J connectivity index is 3.53. The summed E-state index contributed by atoms with van der Waals surface area (Å²) in [4.78, 5) is 33.7. The molecule has 4 nitrogen and oxygen atoms in total. The van der Waals surface area contributed by atoms with Crippen LogP contribution in [0, 0.1) is 0 Å². The molecule has 0 fully saturated rings. The van der Waals surface area contributed by atoms with Gasteiger partial charge in [0.05, 0.1) is 10.5 Å². The van der Waals surface area contributed by atoms with Gasteiger partial charge < -0.3 is 4.42 Å². The van der Waals surface area contributed by atoms with Crippen molar-refractivity contribution in [2.24, 2.45) is 0 Å². The number of thiol groups is 1. The van der Waals surface area contributed by atoms with Gasteiger partial charge in [-0.1, -0.05) is 0 Å². The van der Waals surface area contributed by atoms with Crippen molar-refractivity contribution in [1.29, 1.82) is 0 Å². The Morgan fingerprint density at radius 1 is 0.933 bits per heavy atom. The average Bonchev–Trinajstić information content (AvgIpc) is 2.42. The Bertz CT molecular complexity index is 456. The van der Waals surface area contributed by atoms with Gasteiger partial charge in [-0.2, -0.15) is 0 Å². The zero-order valence-electron chi connectivity index (χ0n) is 8.58. The fourth-order valence-electron chi connectivity index (χ4n) is 1.24. The number of furan rings is 1. The third kappa shape index (κ3) is 2.02. The molecule has 0 aliphatic carbocycles. The molecule has 0 atom stereocenters. The zero-order valence-corrected chi connectivity index (χ0v) is 9.47. The van der Waals surface area contributed by atoms with Gasteiger partial charge in [0.25, 0.3) is 0 Å². The van der Waals surface area contributed by atoms with Crippen molar-refractivity contribution in [3.05, 3.63) is 17.1 Å². The van der Waals surface area contributed by atoms with E-state index in [9.17, 15) is 14.4 Å². The van der Waals surface area contributed by atoms with Crippen molar-refractivity contribution in [2.75, 3.05) is 0 Å². The molecule has 0 aromatic carbocycles. The van der Waals surface area contributed by atoms with Crippen LogP contribution in [0.25, 0.3) is 0 Å². The number of rotatable bonds is 3. The fourth-order valence-corrected chi connectivity index (χ4v) is 1.70. The first kappa shape index (κ1) is 11.7. The number of Topliss-reactive ketones (excluding diaryl/α,β-unsaturated/α-hetero) is 3. The molecule has 0 spiro atoms. The van der Waals surface area contributed by atoms with Crippen LogP contribution in [0.2, 0.25) is 0 Å². The smallest absolute Gasteiger partial charge is 0.196 e. The first-order valence-electron chi connectivity index (χ1n) is 4.24. The van der Waals surface area contributed by atoms with E-state index < -0.39 is 5.78 Å². The zero-order chi connectivity index (χ0) is 11.7. The number of hydrogen-bond donors (Lipinski definition) is 1. The van der Waals surface area contributed by atoms with Gasteiger partial charge >= 0.3 is 0 Å². The third-order valence-corrected chi connectivity index (χ3v) is 2.30. The highest BCUT2D eigenvalue weighted by molar-refractivity contribution is 7.80. The highest BCUT2D eigenvalue weighted by atomic mass is 32.1. The van der Waals surface area contributed by atoms with Crippen molar-refractivity contribution >= 4 is 30.0 Å². The van der Waals surface area contributed by atoms with E-state index in [2.05, 4.69) is 12.6 Å². The first-order valence-corrected chi connectivity index (χ1v) is 4.69. The quantitative estimate of drug-likeness (QED) is 0.633. The number of carbonyl (C=O) groups excluding carboxylic acids is 3.